The molecule has 38 heavy (non-hydrogen) atoms. The highest BCUT2D eigenvalue weighted by Gasteiger charge is 2.34. The fourth-order valence-electron chi connectivity index (χ4n) is 4.74. The van der Waals surface area contributed by atoms with Gasteiger partial charge in [0.1, 0.15) is 10.8 Å². The summed E-state index contributed by atoms with van der Waals surface area (Å²) in [5.41, 5.74) is 3.47. The SMILES string of the molecule is O=C1C(=Cc2nc3sc(-c4ccccc4)nc3n2-c2ccccc2)C(=O)c2cc3cc(Br)c(Br)cc3cc21. The lowest BCUT2D eigenvalue weighted by Crippen LogP contribution is -2.04. The number of benzene rings is 4. The molecule has 0 amide bonds. The second kappa shape index (κ2) is 8.94. The molecule has 0 bridgehead atoms. The number of hydrogen-bond donors (Lipinski definition) is 0. The molecule has 0 atom stereocenters. The topological polar surface area (TPSA) is 64.8 Å². The van der Waals surface area contributed by atoms with Crippen molar-refractivity contribution < 1.29 is 9.59 Å². The zero-order valence-electron chi connectivity index (χ0n) is 19.5. The van der Waals surface area contributed by atoms with Crippen LogP contribution in [-0.4, -0.2) is 26.1 Å². The fraction of sp³-hybridized carbons (Fsp3) is 0. The number of allylic oxidation sites excluding steroid dienone is 1. The number of ketones is 2. The molecule has 0 aliphatic heterocycles. The molecule has 1 aliphatic carbocycles. The highest BCUT2D eigenvalue weighted by atomic mass is 79.9. The predicted octanol–water partition coefficient (Wildman–Crippen LogP) is 8.29. The van der Waals surface area contributed by atoms with Gasteiger partial charge in [0.2, 0.25) is 0 Å². The zero-order valence-corrected chi connectivity index (χ0v) is 23.5. The molecule has 0 N–H and O–H groups in total. The lowest BCUT2D eigenvalue weighted by atomic mass is 10.0. The summed E-state index contributed by atoms with van der Waals surface area (Å²) < 4.78 is 3.66. The largest absolute Gasteiger partial charge is 0.288 e. The number of carbonyl (C=O) groups is 2. The van der Waals surface area contributed by atoms with Crippen molar-refractivity contribution in [2.24, 2.45) is 0 Å². The minimum absolute atomic E-state index is 0.103. The van der Waals surface area contributed by atoms with Gasteiger partial charge in [0.05, 0.1) is 5.57 Å². The van der Waals surface area contributed by atoms with Crippen LogP contribution in [-0.2, 0) is 0 Å². The van der Waals surface area contributed by atoms with Gasteiger partial charge in [-0.25, -0.2) is 9.97 Å². The molecule has 2 aromatic heterocycles. The van der Waals surface area contributed by atoms with Crippen LogP contribution < -0.4 is 0 Å². The number of nitrogens with zero attached hydrogens (tertiary/aromatic N) is 3. The second-order valence-electron chi connectivity index (χ2n) is 8.88. The molecule has 6 aromatic rings. The molecule has 0 saturated carbocycles. The first-order valence-corrected chi connectivity index (χ1v) is 14.1. The number of rotatable bonds is 3. The van der Waals surface area contributed by atoms with E-state index in [4.69, 9.17) is 9.97 Å². The van der Waals surface area contributed by atoms with E-state index in [2.05, 4.69) is 31.9 Å². The van der Waals surface area contributed by atoms with Gasteiger partial charge in [-0.2, -0.15) is 0 Å². The minimum atomic E-state index is -0.296. The highest BCUT2D eigenvalue weighted by molar-refractivity contribution is 9.13. The third-order valence-corrected chi connectivity index (χ3v) is 9.38. The summed E-state index contributed by atoms with van der Waals surface area (Å²) in [6.07, 6.45) is 1.60. The maximum atomic E-state index is 13.5. The van der Waals surface area contributed by atoms with Crippen molar-refractivity contribution >= 4 is 82.1 Å². The Morgan fingerprint density at radius 3 is 1.92 bits per heavy atom. The van der Waals surface area contributed by atoms with Gasteiger partial charge in [-0.05, 0) is 85.1 Å². The first-order valence-electron chi connectivity index (χ1n) is 11.7. The van der Waals surface area contributed by atoms with Gasteiger partial charge in [-0.1, -0.05) is 59.9 Å². The van der Waals surface area contributed by atoms with Crippen LogP contribution in [0.3, 0.4) is 0 Å². The summed E-state index contributed by atoms with van der Waals surface area (Å²) >= 11 is 8.51. The average molecular weight is 641 g/mol. The van der Waals surface area contributed by atoms with Crippen LogP contribution in [0.25, 0.3) is 43.6 Å². The number of para-hydroxylation sites is 1. The average Bonchev–Trinajstić information content (AvgIpc) is 3.56. The number of carbonyl (C=O) groups excluding carboxylic acids is 2. The lowest BCUT2D eigenvalue weighted by Gasteiger charge is -2.06. The van der Waals surface area contributed by atoms with Gasteiger partial charge < -0.3 is 0 Å². The molecule has 4 aromatic carbocycles. The molecule has 7 rings (SSSR count). The van der Waals surface area contributed by atoms with Crippen LogP contribution in [0.2, 0.25) is 0 Å². The van der Waals surface area contributed by atoms with Crippen LogP contribution in [0.5, 0.6) is 0 Å². The molecule has 2 heterocycles. The number of imidazole rings is 1. The van der Waals surface area contributed by atoms with Crippen LogP contribution in [0.15, 0.2) is 99.4 Å². The first kappa shape index (κ1) is 23.4. The fourth-order valence-corrected chi connectivity index (χ4v) is 6.40. The van der Waals surface area contributed by atoms with E-state index in [1.165, 1.54) is 11.3 Å². The molecule has 0 spiro atoms. The molecule has 0 fully saturated rings. The number of fused-ring (bicyclic) bond motifs is 3. The van der Waals surface area contributed by atoms with E-state index >= 15 is 0 Å². The summed E-state index contributed by atoms with van der Waals surface area (Å²) in [4.78, 5) is 37.4. The van der Waals surface area contributed by atoms with Gasteiger partial charge in [0.25, 0.3) is 0 Å². The van der Waals surface area contributed by atoms with E-state index in [1.807, 2.05) is 77.4 Å². The molecular formula is C30H15Br2N3O2S. The van der Waals surface area contributed by atoms with Crippen molar-refractivity contribution in [1.82, 2.24) is 14.5 Å². The van der Waals surface area contributed by atoms with Gasteiger partial charge in [-0.15, -0.1) is 0 Å². The van der Waals surface area contributed by atoms with Crippen molar-refractivity contribution in [3.05, 3.63) is 116 Å². The first-order chi connectivity index (χ1) is 18.5. The molecular weight excluding hydrogens is 626 g/mol. The Kier molecular flexibility index (Phi) is 5.51. The highest BCUT2D eigenvalue weighted by Crippen LogP contribution is 2.37. The predicted molar refractivity (Wildman–Crippen MR) is 158 cm³/mol. The summed E-state index contributed by atoms with van der Waals surface area (Å²) in [5, 5.41) is 2.62. The van der Waals surface area contributed by atoms with Gasteiger partial charge >= 0.3 is 0 Å². The Balaban J connectivity index is 1.39. The molecule has 0 radical (unpaired) electrons. The summed E-state index contributed by atoms with van der Waals surface area (Å²) in [6.45, 7) is 0. The quantitative estimate of drug-likeness (QED) is 0.144. The van der Waals surface area contributed by atoms with Crippen LogP contribution in [0.4, 0.5) is 0 Å². The smallest absolute Gasteiger partial charge is 0.197 e. The van der Waals surface area contributed by atoms with Crippen molar-refractivity contribution in [1.29, 1.82) is 0 Å². The van der Waals surface area contributed by atoms with Crippen LogP contribution in [0, 0.1) is 0 Å². The van der Waals surface area contributed by atoms with Gasteiger partial charge in [0.15, 0.2) is 22.0 Å². The maximum Gasteiger partial charge on any atom is 0.197 e. The number of thiazole rings is 1. The van der Waals surface area contributed by atoms with Crippen molar-refractivity contribution in [3.8, 4) is 16.3 Å². The number of hydrogen-bond acceptors (Lipinski definition) is 5. The number of aromatic nitrogens is 3. The molecule has 0 unspecified atom stereocenters. The van der Waals surface area contributed by atoms with E-state index in [0.29, 0.717) is 22.6 Å². The van der Waals surface area contributed by atoms with Crippen molar-refractivity contribution in [3.63, 3.8) is 0 Å². The monoisotopic (exact) mass is 639 g/mol. The van der Waals surface area contributed by atoms with Crippen LogP contribution in [0.1, 0.15) is 26.5 Å². The number of Topliss-reactive ketones (excluding diaryl/α,β-unsaturated/α-hetero) is 2. The van der Waals surface area contributed by atoms with Gasteiger partial charge in [0, 0.05) is 31.3 Å². The molecule has 0 saturated heterocycles. The van der Waals surface area contributed by atoms with Gasteiger partial charge in [-0.3, -0.25) is 14.2 Å². The minimum Gasteiger partial charge on any atom is -0.288 e. The molecule has 182 valence electrons. The third-order valence-electron chi connectivity index (χ3n) is 6.55. The molecule has 1 aliphatic rings. The summed E-state index contributed by atoms with van der Waals surface area (Å²) in [6, 6.07) is 27.1. The van der Waals surface area contributed by atoms with Crippen LogP contribution >= 0.6 is 43.2 Å². The normalized spacial score (nSPS) is 13.1. The second-order valence-corrected chi connectivity index (χ2v) is 11.6. The Hall–Kier alpha value is -3.72. The summed E-state index contributed by atoms with van der Waals surface area (Å²) in [5.74, 6) is -0.103. The zero-order chi connectivity index (χ0) is 26.0. The van der Waals surface area contributed by atoms with E-state index < -0.39 is 0 Å². The van der Waals surface area contributed by atoms with Crippen molar-refractivity contribution in [2.45, 2.75) is 0 Å². The Morgan fingerprint density at radius 2 is 1.32 bits per heavy atom. The third kappa shape index (κ3) is 3.71. The standard InChI is InChI=1S/C30H15Br2N3O2S/c31-23-13-17-11-20-21(12-18(17)14-24(23)32)27(37)22(26(20)36)15-25-33-30-28(35(25)19-9-5-2-6-10-19)34-29(38-30)16-7-3-1-4-8-16/h1-15H. The van der Waals surface area contributed by atoms with E-state index in [9.17, 15) is 9.59 Å². The molecule has 8 heteroatoms. The Morgan fingerprint density at radius 1 is 0.737 bits per heavy atom. The number of halogens is 2. The maximum absolute atomic E-state index is 13.5. The van der Waals surface area contributed by atoms with E-state index in [-0.39, 0.29) is 17.1 Å². The molecule has 5 nitrogen and oxygen atoms in total. The Labute approximate surface area is 237 Å². The Bertz CT molecular complexity index is 1910. The summed E-state index contributed by atoms with van der Waals surface area (Å²) in [7, 11) is 0. The lowest BCUT2D eigenvalue weighted by molar-refractivity contribution is 0.0990. The van der Waals surface area contributed by atoms with E-state index in [0.717, 1.165) is 40.8 Å². The van der Waals surface area contributed by atoms with E-state index in [1.54, 1.807) is 18.2 Å². The van der Waals surface area contributed by atoms with Crippen molar-refractivity contribution in [2.75, 3.05) is 0 Å².